The molecule has 0 spiro atoms. The molecule has 0 radical (unpaired) electrons. The third-order valence-corrected chi connectivity index (χ3v) is 7.07. The zero-order chi connectivity index (χ0) is 25.5. The lowest BCUT2D eigenvalue weighted by molar-refractivity contribution is -0.142. The molecule has 1 saturated carbocycles. The number of ether oxygens (including phenoxy) is 1. The van der Waals surface area contributed by atoms with Crippen molar-refractivity contribution in [3.05, 3.63) is 59.5 Å². The second-order valence-electron chi connectivity index (χ2n) is 10.1. The van der Waals surface area contributed by atoms with Crippen LogP contribution >= 0.6 is 0 Å². The number of rotatable bonds is 10. The summed E-state index contributed by atoms with van der Waals surface area (Å²) in [5.41, 5.74) is 1.91. The van der Waals surface area contributed by atoms with E-state index in [2.05, 4.69) is 24.5 Å². The minimum absolute atomic E-state index is 0.119. The fourth-order valence-corrected chi connectivity index (χ4v) is 5.00. The molecule has 1 aromatic carbocycles. The molecule has 0 bridgehead atoms. The van der Waals surface area contributed by atoms with Gasteiger partial charge >= 0.3 is 0 Å². The lowest BCUT2D eigenvalue weighted by Gasteiger charge is -2.34. The highest BCUT2D eigenvalue weighted by molar-refractivity contribution is 5.95. The van der Waals surface area contributed by atoms with E-state index in [1.165, 1.54) is 12.3 Å². The summed E-state index contributed by atoms with van der Waals surface area (Å²) >= 11 is 0. The van der Waals surface area contributed by atoms with E-state index in [1.807, 2.05) is 24.3 Å². The number of nitrogens with one attached hydrogen (secondary N) is 2. The Morgan fingerprint density at radius 2 is 1.72 bits per heavy atom. The van der Waals surface area contributed by atoms with Crippen LogP contribution in [-0.4, -0.2) is 54.5 Å². The van der Waals surface area contributed by atoms with Gasteiger partial charge in [0.1, 0.15) is 6.04 Å². The molecule has 2 aliphatic rings. The smallest absolute Gasteiger partial charge is 0.287 e. The van der Waals surface area contributed by atoms with Gasteiger partial charge in [-0.2, -0.15) is 0 Å². The molecular formula is C28H37N3O5. The normalized spacial score (nSPS) is 18.8. The number of nitrogens with zero attached hydrogens (tertiary/aromatic N) is 1. The third-order valence-electron chi connectivity index (χ3n) is 7.07. The molecule has 8 heteroatoms. The zero-order valence-electron chi connectivity index (χ0n) is 21.2. The number of carbonyl (C=O) groups excluding carboxylic acids is 3. The van der Waals surface area contributed by atoms with Crippen molar-refractivity contribution in [2.24, 2.45) is 0 Å². The maximum Gasteiger partial charge on any atom is 0.287 e. The first-order chi connectivity index (χ1) is 17.4. The predicted molar refractivity (Wildman–Crippen MR) is 135 cm³/mol. The van der Waals surface area contributed by atoms with Gasteiger partial charge in [0.2, 0.25) is 11.8 Å². The molecular weight excluding hydrogens is 458 g/mol. The highest BCUT2D eigenvalue weighted by atomic mass is 16.5. The SMILES string of the molecule is CC(C)c1ccc([C@H](C(=O)NC2CCCC2)N(C[C@H]2CCCO2)C(=O)CNC(=O)c2ccco2)cc1. The molecule has 8 nitrogen and oxygen atoms in total. The van der Waals surface area contributed by atoms with E-state index in [1.54, 1.807) is 11.0 Å². The Morgan fingerprint density at radius 3 is 2.33 bits per heavy atom. The minimum atomic E-state index is -0.816. The molecule has 1 aromatic heterocycles. The van der Waals surface area contributed by atoms with Gasteiger partial charge in [-0.05, 0) is 54.9 Å². The van der Waals surface area contributed by atoms with Gasteiger partial charge in [-0.25, -0.2) is 0 Å². The molecule has 36 heavy (non-hydrogen) atoms. The summed E-state index contributed by atoms with van der Waals surface area (Å²) in [6.45, 7) is 4.92. The second-order valence-corrected chi connectivity index (χ2v) is 10.1. The first kappa shape index (κ1) is 25.9. The van der Waals surface area contributed by atoms with Crippen molar-refractivity contribution in [2.75, 3.05) is 19.7 Å². The molecule has 2 aromatic rings. The van der Waals surface area contributed by atoms with Crippen molar-refractivity contribution in [1.29, 1.82) is 0 Å². The molecule has 3 amide bonds. The Kier molecular flexibility index (Phi) is 8.80. The number of hydrogen-bond acceptors (Lipinski definition) is 5. The largest absolute Gasteiger partial charge is 0.459 e. The lowest BCUT2D eigenvalue weighted by Crippen LogP contribution is -2.50. The monoisotopic (exact) mass is 495 g/mol. The van der Waals surface area contributed by atoms with Crippen LogP contribution < -0.4 is 10.6 Å². The quantitative estimate of drug-likeness (QED) is 0.520. The Bertz CT molecular complexity index is 1010. The Labute approximate surface area is 212 Å². The van der Waals surface area contributed by atoms with E-state index >= 15 is 0 Å². The number of hydrogen-bond donors (Lipinski definition) is 2. The molecule has 1 aliphatic heterocycles. The molecule has 2 fully saturated rings. The first-order valence-electron chi connectivity index (χ1n) is 13.1. The van der Waals surface area contributed by atoms with E-state index in [4.69, 9.17) is 9.15 Å². The number of benzene rings is 1. The van der Waals surface area contributed by atoms with Crippen LogP contribution in [0.15, 0.2) is 47.1 Å². The molecule has 1 saturated heterocycles. The van der Waals surface area contributed by atoms with E-state index in [0.29, 0.717) is 12.5 Å². The van der Waals surface area contributed by atoms with E-state index < -0.39 is 11.9 Å². The maximum absolute atomic E-state index is 13.7. The summed E-state index contributed by atoms with van der Waals surface area (Å²) in [4.78, 5) is 41.3. The van der Waals surface area contributed by atoms with Crippen molar-refractivity contribution in [1.82, 2.24) is 15.5 Å². The number of carbonyl (C=O) groups is 3. The van der Waals surface area contributed by atoms with Gasteiger partial charge in [-0.15, -0.1) is 0 Å². The van der Waals surface area contributed by atoms with Crippen molar-refractivity contribution < 1.29 is 23.5 Å². The highest BCUT2D eigenvalue weighted by Gasteiger charge is 2.35. The first-order valence-corrected chi connectivity index (χ1v) is 13.1. The van der Waals surface area contributed by atoms with Crippen LogP contribution in [0.2, 0.25) is 0 Å². The molecule has 4 rings (SSSR count). The van der Waals surface area contributed by atoms with E-state index in [0.717, 1.165) is 49.7 Å². The van der Waals surface area contributed by atoms with Gasteiger partial charge in [-0.3, -0.25) is 14.4 Å². The predicted octanol–water partition coefficient (Wildman–Crippen LogP) is 3.94. The molecule has 2 heterocycles. The van der Waals surface area contributed by atoms with Crippen molar-refractivity contribution in [3.8, 4) is 0 Å². The molecule has 194 valence electrons. The summed E-state index contributed by atoms with van der Waals surface area (Å²) in [5, 5.41) is 5.82. The Morgan fingerprint density at radius 1 is 1.00 bits per heavy atom. The lowest BCUT2D eigenvalue weighted by atomic mass is 9.97. The van der Waals surface area contributed by atoms with Crippen molar-refractivity contribution >= 4 is 17.7 Å². The van der Waals surface area contributed by atoms with Crippen molar-refractivity contribution in [3.63, 3.8) is 0 Å². The van der Waals surface area contributed by atoms with Crippen LogP contribution in [-0.2, 0) is 14.3 Å². The minimum Gasteiger partial charge on any atom is -0.459 e. The topological polar surface area (TPSA) is 101 Å². The van der Waals surface area contributed by atoms with Crippen LogP contribution in [0.1, 0.15) is 86.0 Å². The average Bonchev–Trinajstić information content (AvgIpc) is 3.66. The van der Waals surface area contributed by atoms with Crippen LogP contribution in [0.25, 0.3) is 0 Å². The van der Waals surface area contributed by atoms with Gasteiger partial charge in [0.05, 0.1) is 18.9 Å². The molecule has 0 unspecified atom stereocenters. The summed E-state index contributed by atoms with van der Waals surface area (Å²) in [6.07, 6.45) is 7.09. The Hall–Kier alpha value is -3.13. The van der Waals surface area contributed by atoms with Crippen molar-refractivity contribution in [2.45, 2.75) is 76.5 Å². The number of amides is 3. The summed E-state index contributed by atoms with van der Waals surface area (Å²) in [6, 6.07) is 10.4. The fourth-order valence-electron chi connectivity index (χ4n) is 5.00. The second kappa shape index (κ2) is 12.2. The number of furan rings is 1. The average molecular weight is 496 g/mol. The highest BCUT2D eigenvalue weighted by Crippen LogP contribution is 2.28. The summed E-state index contributed by atoms with van der Waals surface area (Å²) in [5.74, 6) is -0.522. The third kappa shape index (κ3) is 6.55. The zero-order valence-corrected chi connectivity index (χ0v) is 21.2. The van der Waals surface area contributed by atoms with Crippen LogP contribution in [0.4, 0.5) is 0 Å². The van der Waals surface area contributed by atoms with Gasteiger partial charge in [0.25, 0.3) is 5.91 Å². The van der Waals surface area contributed by atoms with Gasteiger partial charge in [0, 0.05) is 19.2 Å². The van der Waals surface area contributed by atoms with E-state index in [9.17, 15) is 14.4 Å². The van der Waals surface area contributed by atoms with Crippen LogP contribution in [0.3, 0.4) is 0 Å². The standard InChI is InChI=1S/C28H37N3O5/c1-19(2)20-11-13-21(14-12-20)26(28(34)30-22-7-3-4-8-22)31(18-23-9-5-15-35-23)25(32)17-29-27(33)24-10-6-16-36-24/h6,10-14,16,19,22-23,26H,3-5,7-9,15,17-18H2,1-2H3,(H,29,33)(H,30,34)/t23-,26-/m1/s1. The van der Waals surface area contributed by atoms with Gasteiger partial charge in [0.15, 0.2) is 5.76 Å². The van der Waals surface area contributed by atoms with E-state index in [-0.39, 0.29) is 42.8 Å². The summed E-state index contributed by atoms with van der Waals surface area (Å²) < 4.78 is 11.0. The molecule has 2 N–H and O–H groups in total. The molecule has 1 aliphatic carbocycles. The van der Waals surface area contributed by atoms with Gasteiger partial charge in [-0.1, -0.05) is 51.0 Å². The Balaban J connectivity index is 1.59. The van der Waals surface area contributed by atoms with Crippen LogP contribution in [0.5, 0.6) is 0 Å². The van der Waals surface area contributed by atoms with Gasteiger partial charge < -0.3 is 24.7 Å². The fraction of sp³-hybridized carbons (Fsp3) is 0.536. The molecule has 2 atom stereocenters. The summed E-state index contributed by atoms with van der Waals surface area (Å²) in [7, 11) is 0. The van der Waals surface area contributed by atoms with Crippen LogP contribution in [0, 0.1) is 0 Å². The maximum atomic E-state index is 13.7.